The molecule has 10 heteroatoms. The number of alkyl carbamates (subject to hydrolysis) is 1. The van der Waals surface area contributed by atoms with Crippen molar-refractivity contribution < 1.29 is 14.1 Å². The van der Waals surface area contributed by atoms with Gasteiger partial charge < -0.3 is 25.2 Å². The van der Waals surface area contributed by atoms with Gasteiger partial charge in [-0.2, -0.15) is 4.98 Å². The van der Waals surface area contributed by atoms with Gasteiger partial charge >= 0.3 is 6.09 Å². The highest BCUT2D eigenvalue weighted by molar-refractivity contribution is 14.0. The molecule has 0 fully saturated rings. The van der Waals surface area contributed by atoms with Crippen LogP contribution in [0.1, 0.15) is 59.4 Å². The zero-order chi connectivity index (χ0) is 23.8. The van der Waals surface area contributed by atoms with Crippen LogP contribution in [0.4, 0.5) is 4.79 Å². The maximum absolute atomic E-state index is 12.1. The fourth-order valence-electron chi connectivity index (χ4n) is 2.85. The summed E-state index contributed by atoms with van der Waals surface area (Å²) >= 11 is 0. The molecule has 0 aliphatic rings. The summed E-state index contributed by atoms with van der Waals surface area (Å²) < 4.78 is 10.7. The number of benzene rings is 1. The molecule has 0 aliphatic heterocycles. The van der Waals surface area contributed by atoms with Crippen molar-refractivity contribution in [2.75, 3.05) is 13.6 Å². The van der Waals surface area contributed by atoms with Gasteiger partial charge in [0.05, 0.1) is 5.54 Å². The Bertz CT molecular complexity index is 921. The Hall–Kier alpha value is -2.37. The number of ether oxygens (including phenoxy) is 1. The summed E-state index contributed by atoms with van der Waals surface area (Å²) in [6, 6.07) is 7.93. The number of nitrogens with zero attached hydrogens (tertiary/aromatic N) is 3. The molecule has 3 N–H and O–H groups in total. The van der Waals surface area contributed by atoms with Crippen molar-refractivity contribution in [1.29, 1.82) is 0 Å². The number of rotatable bonds is 8. The average molecular weight is 572 g/mol. The van der Waals surface area contributed by atoms with Crippen LogP contribution >= 0.6 is 24.0 Å². The van der Waals surface area contributed by atoms with Crippen molar-refractivity contribution in [3.63, 3.8) is 0 Å². The van der Waals surface area contributed by atoms with Crippen molar-refractivity contribution in [3.8, 4) is 11.5 Å². The Balaban J connectivity index is 0.00000544. The van der Waals surface area contributed by atoms with E-state index in [1.165, 1.54) is 0 Å². The molecule has 0 saturated carbocycles. The van der Waals surface area contributed by atoms with Crippen LogP contribution < -0.4 is 16.0 Å². The molecule has 0 radical (unpaired) electrons. The summed E-state index contributed by atoms with van der Waals surface area (Å²) in [6.45, 7) is 12.4. The minimum absolute atomic E-state index is 0. The van der Waals surface area contributed by atoms with Gasteiger partial charge in [0.1, 0.15) is 5.60 Å². The maximum Gasteiger partial charge on any atom is 0.408 e. The van der Waals surface area contributed by atoms with Gasteiger partial charge in [-0.25, -0.2) is 4.79 Å². The van der Waals surface area contributed by atoms with E-state index in [0.29, 0.717) is 24.9 Å². The second kappa shape index (κ2) is 12.8. The third-order valence-corrected chi connectivity index (χ3v) is 4.34. The van der Waals surface area contributed by atoms with Gasteiger partial charge in [-0.3, -0.25) is 4.99 Å². The van der Waals surface area contributed by atoms with Crippen LogP contribution in [0.5, 0.6) is 0 Å². The van der Waals surface area contributed by atoms with Crippen molar-refractivity contribution in [1.82, 2.24) is 26.1 Å². The number of aliphatic imine (C=N–C) groups is 1. The second-order valence-electron chi connectivity index (χ2n) is 9.26. The third kappa shape index (κ3) is 10.4. The van der Waals surface area contributed by atoms with Crippen LogP contribution in [0, 0.1) is 0 Å². The van der Waals surface area contributed by atoms with E-state index in [2.05, 4.69) is 38.0 Å². The minimum atomic E-state index is -0.543. The summed E-state index contributed by atoms with van der Waals surface area (Å²) in [6.07, 6.45) is 1.32. The smallest absolute Gasteiger partial charge is 0.408 e. The third-order valence-electron chi connectivity index (χ3n) is 4.34. The van der Waals surface area contributed by atoms with Gasteiger partial charge in [-0.1, -0.05) is 24.2 Å². The quantitative estimate of drug-likeness (QED) is 0.246. The lowest BCUT2D eigenvalue weighted by Gasteiger charge is -2.29. The van der Waals surface area contributed by atoms with Gasteiger partial charge in [-0.05, 0) is 58.7 Å². The van der Waals surface area contributed by atoms with Crippen LogP contribution in [0.15, 0.2) is 33.8 Å². The van der Waals surface area contributed by atoms with E-state index >= 15 is 0 Å². The van der Waals surface area contributed by atoms with Gasteiger partial charge in [-0.15, -0.1) is 24.0 Å². The van der Waals surface area contributed by atoms with Crippen LogP contribution in [0.25, 0.3) is 11.5 Å². The molecule has 1 aromatic carbocycles. The van der Waals surface area contributed by atoms with Gasteiger partial charge in [0.2, 0.25) is 0 Å². The lowest BCUT2D eigenvalue weighted by molar-refractivity contribution is 0.0474. The maximum atomic E-state index is 12.1. The topological polar surface area (TPSA) is 114 Å². The first-order chi connectivity index (χ1) is 15.0. The molecule has 184 valence electrons. The second-order valence-corrected chi connectivity index (χ2v) is 9.26. The number of amides is 1. The fourth-order valence-corrected chi connectivity index (χ4v) is 2.85. The van der Waals surface area contributed by atoms with Crippen molar-refractivity contribution >= 4 is 36.0 Å². The summed E-state index contributed by atoms with van der Waals surface area (Å²) in [7, 11) is 1.70. The molecule has 2 rings (SSSR count). The summed E-state index contributed by atoms with van der Waals surface area (Å²) in [4.78, 5) is 20.8. The molecule has 2 aromatic rings. The lowest BCUT2D eigenvalue weighted by Crippen LogP contribution is -2.54. The van der Waals surface area contributed by atoms with E-state index < -0.39 is 17.2 Å². The molecule has 1 aromatic heterocycles. The Morgan fingerprint density at radius 3 is 2.55 bits per heavy atom. The first kappa shape index (κ1) is 28.7. The van der Waals surface area contributed by atoms with Gasteiger partial charge in [0.15, 0.2) is 11.8 Å². The molecule has 33 heavy (non-hydrogen) atoms. The molecule has 1 heterocycles. The average Bonchev–Trinajstić information content (AvgIpc) is 3.15. The molecule has 0 bridgehead atoms. The molecule has 0 aliphatic carbocycles. The number of hydrogen-bond acceptors (Lipinski definition) is 6. The van der Waals surface area contributed by atoms with Crippen LogP contribution in [-0.4, -0.2) is 46.9 Å². The molecule has 0 atom stereocenters. The predicted octanol–water partition coefficient (Wildman–Crippen LogP) is 4.28. The predicted molar refractivity (Wildman–Crippen MR) is 141 cm³/mol. The molecule has 0 spiro atoms. The number of carbonyl (C=O) groups is 1. The van der Waals surface area contributed by atoms with Crippen molar-refractivity contribution in [2.45, 2.75) is 72.1 Å². The molecule has 0 unspecified atom stereocenters. The lowest BCUT2D eigenvalue weighted by atomic mass is 10.1. The monoisotopic (exact) mass is 572 g/mol. The standard InChI is InChI=1S/C23H36N6O3.HI/c1-8-10-18-27-19(32-29-18)17-12-9-11-16(13-17)14-25-20(24-7)26-15-23(5,6)28-21(30)31-22(2,3)4;/h9,11-13H,8,10,14-15H2,1-7H3,(H,28,30)(H2,24,25,26);1H. The summed E-state index contributed by atoms with van der Waals surface area (Å²) in [5, 5.41) is 13.4. The zero-order valence-corrected chi connectivity index (χ0v) is 22.9. The zero-order valence-electron chi connectivity index (χ0n) is 20.6. The highest BCUT2D eigenvalue weighted by Crippen LogP contribution is 2.19. The van der Waals surface area contributed by atoms with Crippen LogP contribution in [-0.2, 0) is 17.7 Å². The number of nitrogens with one attached hydrogen (secondary N) is 3. The Labute approximate surface area is 213 Å². The number of hydrogen-bond donors (Lipinski definition) is 3. The molecular weight excluding hydrogens is 535 g/mol. The Kier molecular flexibility index (Phi) is 11.1. The number of halogens is 1. The van der Waals surface area contributed by atoms with E-state index in [4.69, 9.17) is 9.26 Å². The summed E-state index contributed by atoms with van der Waals surface area (Å²) in [5.74, 6) is 1.86. The SMILES string of the molecule is CCCc1noc(-c2cccc(CNC(=NC)NCC(C)(C)NC(=O)OC(C)(C)C)c2)n1.I. The van der Waals surface area contributed by atoms with Crippen LogP contribution in [0.3, 0.4) is 0 Å². The van der Waals surface area contributed by atoms with Crippen molar-refractivity contribution in [2.24, 2.45) is 4.99 Å². The highest BCUT2D eigenvalue weighted by atomic mass is 127. The Morgan fingerprint density at radius 1 is 1.18 bits per heavy atom. The molecule has 9 nitrogen and oxygen atoms in total. The van der Waals surface area contributed by atoms with Crippen molar-refractivity contribution in [3.05, 3.63) is 35.7 Å². The Morgan fingerprint density at radius 2 is 1.91 bits per heavy atom. The number of carbonyl (C=O) groups excluding carboxylic acids is 1. The number of aryl methyl sites for hydroxylation is 1. The van der Waals surface area contributed by atoms with E-state index in [1.807, 2.05) is 58.9 Å². The van der Waals surface area contributed by atoms with E-state index in [0.717, 1.165) is 29.8 Å². The molecule has 1 amide bonds. The van der Waals surface area contributed by atoms with Gasteiger partial charge in [0.25, 0.3) is 5.89 Å². The van der Waals surface area contributed by atoms with E-state index in [-0.39, 0.29) is 24.0 Å². The number of aromatic nitrogens is 2. The van der Waals surface area contributed by atoms with Crippen LogP contribution in [0.2, 0.25) is 0 Å². The normalized spacial score (nSPS) is 12.0. The first-order valence-corrected chi connectivity index (χ1v) is 10.9. The minimum Gasteiger partial charge on any atom is -0.444 e. The molecular formula is C23H37IN6O3. The summed E-state index contributed by atoms with van der Waals surface area (Å²) in [5.41, 5.74) is 0.851. The van der Waals surface area contributed by atoms with E-state index in [9.17, 15) is 4.79 Å². The number of guanidine groups is 1. The molecule has 0 saturated heterocycles. The van der Waals surface area contributed by atoms with E-state index in [1.54, 1.807) is 7.05 Å². The fraction of sp³-hybridized carbons (Fsp3) is 0.565. The highest BCUT2D eigenvalue weighted by Gasteiger charge is 2.24. The first-order valence-electron chi connectivity index (χ1n) is 10.9. The van der Waals surface area contributed by atoms with Gasteiger partial charge in [0, 0.05) is 32.1 Å². The largest absolute Gasteiger partial charge is 0.444 e.